The SMILES string of the molecule is CCCCC(CC)COc1ccc(P=O)cc1. The molecule has 1 unspecified atom stereocenters. The highest BCUT2D eigenvalue weighted by molar-refractivity contribution is 7.34. The van der Waals surface area contributed by atoms with Crippen molar-refractivity contribution in [3.05, 3.63) is 24.3 Å². The molecule has 1 atom stereocenters. The van der Waals surface area contributed by atoms with E-state index < -0.39 is 0 Å². The first-order valence-electron chi connectivity index (χ1n) is 6.36. The van der Waals surface area contributed by atoms with Gasteiger partial charge in [0.1, 0.15) is 5.75 Å². The van der Waals surface area contributed by atoms with Gasteiger partial charge in [0.05, 0.1) is 6.61 Å². The molecule has 0 aliphatic carbocycles. The van der Waals surface area contributed by atoms with Crippen molar-refractivity contribution in [2.24, 2.45) is 5.92 Å². The first kappa shape index (κ1) is 14.2. The molecule has 0 saturated heterocycles. The summed E-state index contributed by atoms with van der Waals surface area (Å²) in [4.78, 5) is 0. The van der Waals surface area contributed by atoms with E-state index in [1.807, 2.05) is 24.3 Å². The van der Waals surface area contributed by atoms with E-state index in [2.05, 4.69) is 13.8 Å². The van der Waals surface area contributed by atoms with E-state index in [4.69, 9.17) is 4.74 Å². The van der Waals surface area contributed by atoms with Gasteiger partial charge in [-0.05, 0) is 36.6 Å². The lowest BCUT2D eigenvalue weighted by molar-refractivity contribution is 0.233. The Morgan fingerprint density at radius 2 is 1.94 bits per heavy atom. The van der Waals surface area contributed by atoms with Crippen LogP contribution in [0.25, 0.3) is 0 Å². The van der Waals surface area contributed by atoms with E-state index in [9.17, 15) is 4.57 Å². The maximum absolute atomic E-state index is 10.6. The maximum Gasteiger partial charge on any atom is 0.192 e. The number of hydrogen-bond donors (Lipinski definition) is 0. The molecule has 0 radical (unpaired) electrons. The first-order valence-corrected chi connectivity index (χ1v) is 7.17. The van der Waals surface area contributed by atoms with Crippen molar-refractivity contribution in [2.45, 2.75) is 39.5 Å². The minimum Gasteiger partial charge on any atom is -0.493 e. The van der Waals surface area contributed by atoms with Crippen LogP contribution in [-0.4, -0.2) is 6.61 Å². The van der Waals surface area contributed by atoms with Gasteiger partial charge in [0, 0.05) is 5.30 Å². The maximum atomic E-state index is 10.6. The van der Waals surface area contributed by atoms with E-state index in [1.54, 1.807) is 0 Å². The molecule has 1 aromatic carbocycles. The van der Waals surface area contributed by atoms with Gasteiger partial charge in [0.25, 0.3) is 0 Å². The summed E-state index contributed by atoms with van der Waals surface area (Å²) in [5, 5.41) is 0.787. The van der Waals surface area contributed by atoms with Crippen LogP contribution in [0.1, 0.15) is 39.5 Å². The van der Waals surface area contributed by atoms with Gasteiger partial charge in [0.2, 0.25) is 0 Å². The van der Waals surface area contributed by atoms with Crippen LogP contribution in [0, 0.1) is 5.92 Å². The van der Waals surface area contributed by atoms with Crippen molar-refractivity contribution in [3.8, 4) is 5.75 Å². The van der Waals surface area contributed by atoms with Crippen molar-refractivity contribution in [1.29, 1.82) is 0 Å². The van der Waals surface area contributed by atoms with E-state index in [0.29, 0.717) is 5.92 Å². The molecule has 0 saturated carbocycles. The number of unbranched alkanes of at least 4 members (excludes halogenated alkanes) is 1. The molecule has 3 heteroatoms. The molecule has 0 aromatic heterocycles. The molecule has 0 aliphatic rings. The van der Waals surface area contributed by atoms with Gasteiger partial charge in [-0.25, -0.2) is 0 Å². The standard InChI is InChI=1S/C14H21O2P/c1-3-5-6-12(4-2)11-16-13-7-9-14(17-15)10-8-13/h7-10,12H,3-6,11H2,1-2H3. The minimum atomic E-state index is 0.0651. The van der Waals surface area contributed by atoms with Gasteiger partial charge in [-0.2, -0.15) is 0 Å². The highest BCUT2D eigenvalue weighted by Gasteiger charge is 2.06. The number of hydrogen-bond acceptors (Lipinski definition) is 2. The van der Waals surface area contributed by atoms with Crippen molar-refractivity contribution >= 4 is 13.8 Å². The predicted octanol–water partition coefficient (Wildman–Crippen LogP) is 4.20. The summed E-state index contributed by atoms with van der Waals surface area (Å²) in [6.07, 6.45) is 4.92. The normalized spacial score (nSPS) is 12.6. The van der Waals surface area contributed by atoms with Crippen LogP contribution in [0.3, 0.4) is 0 Å². The summed E-state index contributed by atoms with van der Waals surface area (Å²) in [6, 6.07) is 7.42. The van der Waals surface area contributed by atoms with Crippen molar-refractivity contribution in [1.82, 2.24) is 0 Å². The van der Waals surface area contributed by atoms with E-state index in [-0.39, 0.29) is 8.46 Å². The van der Waals surface area contributed by atoms with Crippen molar-refractivity contribution in [3.63, 3.8) is 0 Å². The number of rotatable bonds is 8. The van der Waals surface area contributed by atoms with Crippen LogP contribution >= 0.6 is 8.46 Å². The quantitative estimate of drug-likeness (QED) is 0.648. The molecule has 0 N–H and O–H groups in total. The Bertz CT molecular complexity index is 321. The Kier molecular flexibility index (Phi) is 6.88. The van der Waals surface area contributed by atoms with E-state index in [0.717, 1.165) is 24.1 Å². The Hall–Kier alpha value is -0.880. The van der Waals surface area contributed by atoms with Crippen molar-refractivity contribution in [2.75, 3.05) is 6.61 Å². The molecule has 0 bridgehead atoms. The van der Waals surface area contributed by atoms with E-state index >= 15 is 0 Å². The van der Waals surface area contributed by atoms with Gasteiger partial charge in [-0.15, -0.1) is 0 Å². The molecular formula is C14H21O2P. The largest absolute Gasteiger partial charge is 0.493 e. The zero-order chi connectivity index (χ0) is 12.5. The molecule has 2 nitrogen and oxygen atoms in total. The fourth-order valence-electron chi connectivity index (χ4n) is 1.72. The number of benzene rings is 1. The summed E-state index contributed by atoms with van der Waals surface area (Å²) in [7, 11) is 0.0651. The summed E-state index contributed by atoms with van der Waals surface area (Å²) < 4.78 is 16.4. The third-order valence-electron chi connectivity index (χ3n) is 2.97. The summed E-state index contributed by atoms with van der Waals surface area (Å²) in [6.45, 7) is 5.21. The van der Waals surface area contributed by atoms with Gasteiger partial charge in [-0.3, -0.25) is 4.57 Å². The van der Waals surface area contributed by atoms with Crippen LogP contribution in [0.15, 0.2) is 24.3 Å². The summed E-state index contributed by atoms with van der Waals surface area (Å²) in [5.41, 5.74) is 0. The predicted molar refractivity (Wildman–Crippen MR) is 72.5 cm³/mol. The summed E-state index contributed by atoms with van der Waals surface area (Å²) >= 11 is 0. The molecule has 17 heavy (non-hydrogen) atoms. The first-order chi connectivity index (χ1) is 8.30. The average Bonchev–Trinajstić information content (AvgIpc) is 2.39. The zero-order valence-electron chi connectivity index (χ0n) is 10.7. The lowest BCUT2D eigenvalue weighted by Crippen LogP contribution is -2.11. The molecule has 1 rings (SSSR count). The van der Waals surface area contributed by atoms with Gasteiger partial charge >= 0.3 is 0 Å². The Morgan fingerprint density at radius 1 is 1.24 bits per heavy atom. The Morgan fingerprint density at radius 3 is 2.47 bits per heavy atom. The third-order valence-corrected chi connectivity index (χ3v) is 3.48. The minimum absolute atomic E-state index is 0.0651. The third kappa shape index (κ3) is 5.32. The van der Waals surface area contributed by atoms with Gasteiger partial charge in [0.15, 0.2) is 8.46 Å². The molecule has 94 valence electrons. The molecule has 0 aliphatic heterocycles. The molecule has 0 fully saturated rings. The summed E-state index contributed by atoms with van der Waals surface area (Å²) in [5.74, 6) is 1.51. The monoisotopic (exact) mass is 252 g/mol. The highest BCUT2D eigenvalue weighted by Crippen LogP contribution is 2.16. The second-order valence-electron chi connectivity index (χ2n) is 4.31. The lowest BCUT2D eigenvalue weighted by atomic mass is 10.0. The lowest BCUT2D eigenvalue weighted by Gasteiger charge is -2.15. The fraction of sp³-hybridized carbons (Fsp3) is 0.571. The second kappa shape index (κ2) is 8.25. The zero-order valence-corrected chi connectivity index (χ0v) is 11.6. The topological polar surface area (TPSA) is 26.3 Å². The van der Waals surface area contributed by atoms with Crippen LogP contribution in [0.5, 0.6) is 5.75 Å². The molecule has 0 spiro atoms. The van der Waals surface area contributed by atoms with Crippen molar-refractivity contribution < 1.29 is 9.30 Å². The van der Waals surface area contributed by atoms with Crippen LogP contribution in [0.4, 0.5) is 0 Å². The van der Waals surface area contributed by atoms with Crippen LogP contribution < -0.4 is 10.0 Å². The Balaban J connectivity index is 2.39. The van der Waals surface area contributed by atoms with Gasteiger partial charge in [-0.1, -0.05) is 33.1 Å². The van der Waals surface area contributed by atoms with Gasteiger partial charge < -0.3 is 4.74 Å². The average molecular weight is 252 g/mol. The van der Waals surface area contributed by atoms with Crippen LogP contribution in [-0.2, 0) is 4.57 Å². The highest BCUT2D eigenvalue weighted by atomic mass is 31.1. The van der Waals surface area contributed by atoms with E-state index in [1.165, 1.54) is 19.3 Å². The molecule has 0 amide bonds. The fourth-order valence-corrected chi connectivity index (χ4v) is 1.99. The molecule has 1 aromatic rings. The van der Waals surface area contributed by atoms with Crippen LogP contribution in [0.2, 0.25) is 0 Å². The smallest absolute Gasteiger partial charge is 0.192 e. The Labute approximate surface area is 106 Å². The molecular weight excluding hydrogens is 231 g/mol. The number of ether oxygens (including phenoxy) is 1. The second-order valence-corrected chi connectivity index (χ2v) is 5.01. The molecule has 0 heterocycles.